The summed E-state index contributed by atoms with van der Waals surface area (Å²) in [5.74, 6) is 1.41. The van der Waals surface area contributed by atoms with Gasteiger partial charge in [0, 0.05) is 19.0 Å². The van der Waals surface area contributed by atoms with Crippen LogP contribution in [0, 0.1) is 0 Å². The van der Waals surface area contributed by atoms with Crippen LogP contribution in [0.25, 0.3) is 0 Å². The number of hydrogen-bond acceptors (Lipinski definition) is 4. The fourth-order valence-electron chi connectivity index (χ4n) is 1.07. The molecule has 0 amide bonds. The summed E-state index contributed by atoms with van der Waals surface area (Å²) in [7, 11) is 0. The zero-order chi connectivity index (χ0) is 10.4. The Morgan fingerprint density at radius 2 is 2.29 bits per heavy atom. The average molecular weight is 216 g/mol. The van der Waals surface area contributed by atoms with Gasteiger partial charge in [-0.3, -0.25) is 0 Å². The lowest BCUT2D eigenvalue weighted by molar-refractivity contribution is 0.311. The quantitative estimate of drug-likeness (QED) is 0.731. The van der Waals surface area contributed by atoms with E-state index in [1.54, 1.807) is 6.07 Å². The van der Waals surface area contributed by atoms with Gasteiger partial charge in [0.05, 0.1) is 6.61 Å². The molecule has 2 N–H and O–H groups in total. The molecular weight excluding hydrogens is 202 g/mol. The van der Waals surface area contributed by atoms with E-state index in [0.29, 0.717) is 17.5 Å². The van der Waals surface area contributed by atoms with Crippen LogP contribution in [0.1, 0.15) is 19.2 Å². The molecule has 0 aliphatic heterocycles. The minimum Gasteiger partial charge on any atom is -0.395 e. The summed E-state index contributed by atoms with van der Waals surface area (Å²) in [6.07, 6.45) is 1.80. The van der Waals surface area contributed by atoms with Crippen molar-refractivity contribution < 1.29 is 5.11 Å². The zero-order valence-electron chi connectivity index (χ0n) is 8.13. The second-order valence-corrected chi connectivity index (χ2v) is 3.28. The summed E-state index contributed by atoms with van der Waals surface area (Å²) in [4.78, 5) is 8.33. The number of aliphatic hydroxyl groups is 1. The number of hydrogen-bond donors (Lipinski definition) is 2. The van der Waals surface area contributed by atoms with E-state index in [0.717, 1.165) is 18.7 Å². The van der Waals surface area contributed by atoms with Gasteiger partial charge in [0.1, 0.15) is 16.8 Å². The summed E-state index contributed by atoms with van der Waals surface area (Å²) >= 11 is 5.81. The number of nitrogens with one attached hydrogen (secondary N) is 1. The highest BCUT2D eigenvalue weighted by atomic mass is 35.5. The van der Waals surface area contributed by atoms with Gasteiger partial charge in [-0.05, 0) is 6.42 Å². The highest BCUT2D eigenvalue weighted by molar-refractivity contribution is 6.29. The minimum atomic E-state index is 0.0741. The molecular formula is C9H14ClN3O. The molecule has 5 heteroatoms. The van der Waals surface area contributed by atoms with E-state index < -0.39 is 0 Å². The van der Waals surface area contributed by atoms with Crippen LogP contribution in [-0.4, -0.2) is 28.2 Å². The van der Waals surface area contributed by atoms with E-state index >= 15 is 0 Å². The van der Waals surface area contributed by atoms with E-state index in [1.807, 2.05) is 0 Å². The number of nitrogens with zero attached hydrogens (tertiary/aromatic N) is 2. The fraction of sp³-hybridized carbons (Fsp3) is 0.556. The first-order chi connectivity index (χ1) is 6.76. The number of aromatic nitrogens is 2. The first kappa shape index (κ1) is 11.2. The Labute approximate surface area is 88.3 Å². The van der Waals surface area contributed by atoms with E-state index in [1.165, 1.54) is 0 Å². The third-order valence-corrected chi connectivity index (χ3v) is 1.83. The van der Waals surface area contributed by atoms with Crippen molar-refractivity contribution in [1.29, 1.82) is 0 Å². The summed E-state index contributed by atoms with van der Waals surface area (Å²) in [5.41, 5.74) is 0. The summed E-state index contributed by atoms with van der Waals surface area (Å²) in [6.45, 7) is 2.61. The van der Waals surface area contributed by atoms with Crippen LogP contribution in [0.2, 0.25) is 5.15 Å². The van der Waals surface area contributed by atoms with Crippen LogP contribution in [0.15, 0.2) is 6.07 Å². The van der Waals surface area contributed by atoms with Crippen molar-refractivity contribution in [2.24, 2.45) is 0 Å². The Bertz CT molecular complexity index is 293. The lowest BCUT2D eigenvalue weighted by Gasteiger charge is -2.05. The van der Waals surface area contributed by atoms with Gasteiger partial charge in [-0.2, -0.15) is 0 Å². The summed E-state index contributed by atoms with van der Waals surface area (Å²) in [5, 5.41) is 12.0. The molecule has 0 atom stereocenters. The number of anilines is 1. The van der Waals surface area contributed by atoms with Gasteiger partial charge in [-0.1, -0.05) is 18.5 Å². The van der Waals surface area contributed by atoms with Crippen LogP contribution < -0.4 is 5.32 Å². The molecule has 0 aliphatic carbocycles. The van der Waals surface area contributed by atoms with Crippen LogP contribution in [0.3, 0.4) is 0 Å². The Morgan fingerprint density at radius 3 is 2.93 bits per heavy atom. The number of halogens is 1. The maximum atomic E-state index is 8.63. The second kappa shape index (κ2) is 5.78. The SMILES string of the molecule is CCCc1nc(Cl)cc(NCCO)n1. The highest BCUT2D eigenvalue weighted by Crippen LogP contribution is 2.12. The van der Waals surface area contributed by atoms with Gasteiger partial charge < -0.3 is 10.4 Å². The van der Waals surface area contributed by atoms with Gasteiger partial charge in [0.25, 0.3) is 0 Å². The molecule has 4 nitrogen and oxygen atoms in total. The molecule has 0 aliphatic rings. The Hall–Kier alpha value is -0.870. The molecule has 78 valence electrons. The van der Waals surface area contributed by atoms with Gasteiger partial charge in [0.2, 0.25) is 0 Å². The first-order valence-electron chi connectivity index (χ1n) is 4.64. The van der Waals surface area contributed by atoms with Crippen molar-refractivity contribution in [2.45, 2.75) is 19.8 Å². The van der Waals surface area contributed by atoms with Crippen molar-refractivity contribution in [3.63, 3.8) is 0 Å². The molecule has 0 spiro atoms. The third kappa shape index (κ3) is 3.47. The molecule has 0 fully saturated rings. The highest BCUT2D eigenvalue weighted by Gasteiger charge is 2.01. The normalized spacial score (nSPS) is 10.2. The zero-order valence-corrected chi connectivity index (χ0v) is 8.88. The molecule has 0 bridgehead atoms. The van der Waals surface area contributed by atoms with Crippen LogP contribution in [0.4, 0.5) is 5.82 Å². The summed E-state index contributed by atoms with van der Waals surface area (Å²) < 4.78 is 0. The number of aliphatic hydroxyl groups excluding tert-OH is 1. The van der Waals surface area contributed by atoms with Gasteiger partial charge >= 0.3 is 0 Å². The minimum absolute atomic E-state index is 0.0741. The monoisotopic (exact) mass is 215 g/mol. The van der Waals surface area contributed by atoms with Gasteiger partial charge in [-0.15, -0.1) is 0 Å². The number of rotatable bonds is 5. The maximum absolute atomic E-state index is 8.63. The Morgan fingerprint density at radius 1 is 1.50 bits per heavy atom. The lowest BCUT2D eigenvalue weighted by atomic mass is 10.3. The predicted octanol–water partition coefficient (Wildman–Crippen LogP) is 1.49. The van der Waals surface area contributed by atoms with E-state index in [-0.39, 0.29) is 6.61 Å². The number of aryl methyl sites for hydroxylation is 1. The first-order valence-corrected chi connectivity index (χ1v) is 5.02. The van der Waals surface area contributed by atoms with Crippen LogP contribution in [0.5, 0.6) is 0 Å². The van der Waals surface area contributed by atoms with Crippen molar-refractivity contribution in [2.75, 3.05) is 18.5 Å². The van der Waals surface area contributed by atoms with E-state index in [9.17, 15) is 0 Å². The Kier molecular flexibility index (Phi) is 4.62. The van der Waals surface area contributed by atoms with Crippen molar-refractivity contribution in [3.05, 3.63) is 17.0 Å². The average Bonchev–Trinajstić information content (AvgIpc) is 2.14. The Balaban J connectivity index is 2.73. The molecule has 1 aromatic rings. The van der Waals surface area contributed by atoms with E-state index in [4.69, 9.17) is 16.7 Å². The lowest BCUT2D eigenvalue weighted by Crippen LogP contribution is -2.08. The predicted molar refractivity (Wildman–Crippen MR) is 56.6 cm³/mol. The van der Waals surface area contributed by atoms with Crippen LogP contribution in [-0.2, 0) is 6.42 Å². The van der Waals surface area contributed by atoms with Crippen LogP contribution >= 0.6 is 11.6 Å². The van der Waals surface area contributed by atoms with Crippen molar-refractivity contribution in [3.8, 4) is 0 Å². The largest absolute Gasteiger partial charge is 0.395 e. The molecule has 0 radical (unpaired) electrons. The second-order valence-electron chi connectivity index (χ2n) is 2.89. The smallest absolute Gasteiger partial charge is 0.134 e. The topological polar surface area (TPSA) is 58.0 Å². The van der Waals surface area contributed by atoms with Gasteiger partial charge in [0.15, 0.2) is 0 Å². The molecule has 0 saturated carbocycles. The molecule has 0 aromatic carbocycles. The molecule has 1 rings (SSSR count). The van der Waals surface area contributed by atoms with Crippen molar-refractivity contribution >= 4 is 17.4 Å². The standard InChI is InChI=1S/C9H14ClN3O/c1-2-3-8-12-7(10)6-9(13-8)11-4-5-14/h6,14H,2-5H2,1H3,(H,11,12,13). The third-order valence-electron chi connectivity index (χ3n) is 1.63. The molecule has 0 unspecified atom stereocenters. The van der Waals surface area contributed by atoms with Crippen molar-refractivity contribution in [1.82, 2.24) is 9.97 Å². The molecule has 14 heavy (non-hydrogen) atoms. The molecule has 1 heterocycles. The summed E-state index contributed by atoms with van der Waals surface area (Å²) in [6, 6.07) is 1.65. The fourth-order valence-corrected chi connectivity index (χ4v) is 1.28. The van der Waals surface area contributed by atoms with E-state index in [2.05, 4.69) is 22.2 Å². The van der Waals surface area contributed by atoms with Gasteiger partial charge in [-0.25, -0.2) is 9.97 Å². The maximum Gasteiger partial charge on any atom is 0.134 e. The molecule has 1 aromatic heterocycles. The molecule has 0 saturated heterocycles.